The number of benzene rings is 1. The first kappa shape index (κ1) is 13.4. The van der Waals surface area contributed by atoms with Crippen molar-refractivity contribution in [2.75, 3.05) is 32.1 Å². The fourth-order valence-corrected chi connectivity index (χ4v) is 3.00. The van der Waals surface area contributed by atoms with Gasteiger partial charge < -0.3 is 15.5 Å². The molecule has 0 saturated carbocycles. The van der Waals surface area contributed by atoms with Crippen LogP contribution in [-0.2, 0) is 6.54 Å². The summed E-state index contributed by atoms with van der Waals surface area (Å²) in [5, 5.41) is 0. The molecule has 1 aliphatic rings. The average molecular weight is 247 g/mol. The summed E-state index contributed by atoms with van der Waals surface area (Å²) in [6.45, 7) is 7.30. The van der Waals surface area contributed by atoms with Gasteiger partial charge in [0.1, 0.15) is 0 Å². The van der Waals surface area contributed by atoms with Crippen molar-refractivity contribution in [1.29, 1.82) is 0 Å². The highest BCUT2D eigenvalue weighted by atomic mass is 15.2. The van der Waals surface area contributed by atoms with Gasteiger partial charge in [0.25, 0.3) is 0 Å². The van der Waals surface area contributed by atoms with Crippen LogP contribution in [0.1, 0.15) is 18.1 Å². The minimum absolute atomic E-state index is 0.620. The number of nitrogens with zero attached hydrogens (tertiary/aromatic N) is 2. The maximum Gasteiger partial charge on any atom is 0.0412 e. The second-order valence-electron chi connectivity index (χ2n) is 5.75. The largest absolute Gasteiger partial charge is 0.369 e. The smallest absolute Gasteiger partial charge is 0.0412 e. The van der Waals surface area contributed by atoms with E-state index in [0.29, 0.717) is 18.5 Å². The summed E-state index contributed by atoms with van der Waals surface area (Å²) in [5.41, 5.74) is 9.75. The molecule has 2 N–H and O–H groups in total. The van der Waals surface area contributed by atoms with E-state index in [4.69, 9.17) is 5.73 Å². The molecule has 2 atom stereocenters. The van der Waals surface area contributed by atoms with Crippen molar-refractivity contribution in [3.8, 4) is 0 Å². The van der Waals surface area contributed by atoms with Gasteiger partial charge in [0.15, 0.2) is 0 Å². The van der Waals surface area contributed by atoms with Crippen molar-refractivity contribution >= 4 is 5.69 Å². The summed E-state index contributed by atoms with van der Waals surface area (Å²) in [7, 11) is 4.34. The van der Waals surface area contributed by atoms with E-state index in [1.165, 1.54) is 16.8 Å². The zero-order valence-electron chi connectivity index (χ0n) is 12.0. The number of nitrogens with two attached hydrogens (primary N) is 1. The standard InChI is InChI=1S/C15H25N3/c1-11-5-6-14(13(7-11)8-16)18-9-12(2)15(10-18)17(3)4/h5-7,12,15H,8-10,16H2,1-4H3. The van der Waals surface area contributed by atoms with Gasteiger partial charge in [-0.1, -0.05) is 24.6 Å². The van der Waals surface area contributed by atoms with Crippen LogP contribution in [0.25, 0.3) is 0 Å². The summed E-state index contributed by atoms with van der Waals surface area (Å²) >= 11 is 0. The van der Waals surface area contributed by atoms with Gasteiger partial charge in [0, 0.05) is 31.4 Å². The topological polar surface area (TPSA) is 32.5 Å². The van der Waals surface area contributed by atoms with Gasteiger partial charge in [0.2, 0.25) is 0 Å². The first-order chi connectivity index (χ1) is 8.52. The SMILES string of the molecule is Cc1ccc(N2CC(C)C(N(C)C)C2)c(CN)c1. The Balaban J connectivity index is 2.23. The van der Waals surface area contributed by atoms with E-state index >= 15 is 0 Å². The predicted octanol–water partition coefficient (Wildman–Crippen LogP) is 1.84. The number of aryl methyl sites for hydroxylation is 1. The lowest BCUT2D eigenvalue weighted by molar-refractivity contribution is 0.266. The minimum atomic E-state index is 0.620. The van der Waals surface area contributed by atoms with E-state index in [1.807, 2.05) is 0 Å². The van der Waals surface area contributed by atoms with Crippen LogP contribution in [-0.4, -0.2) is 38.1 Å². The number of hydrogen-bond acceptors (Lipinski definition) is 3. The molecule has 1 saturated heterocycles. The number of hydrogen-bond donors (Lipinski definition) is 1. The molecule has 1 aromatic carbocycles. The molecule has 1 fully saturated rings. The summed E-state index contributed by atoms with van der Waals surface area (Å²) in [5.74, 6) is 0.701. The third-order valence-corrected chi connectivity index (χ3v) is 4.03. The third-order valence-electron chi connectivity index (χ3n) is 4.03. The molecule has 3 heteroatoms. The van der Waals surface area contributed by atoms with E-state index in [0.717, 1.165) is 13.1 Å². The van der Waals surface area contributed by atoms with Crippen molar-refractivity contribution in [3.63, 3.8) is 0 Å². The molecule has 1 heterocycles. The Bertz CT molecular complexity index is 414. The Morgan fingerprint density at radius 3 is 2.61 bits per heavy atom. The van der Waals surface area contributed by atoms with Crippen molar-refractivity contribution in [3.05, 3.63) is 29.3 Å². The maximum absolute atomic E-state index is 5.88. The van der Waals surface area contributed by atoms with Crippen LogP contribution in [0.4, 0.5) is 5.69 Å². The van der Waals surface area contributed by atoms with Gasteiger partial charge in [-0.25, -0.2) is 0 Å². The van der Waals surface area contributed by atoms with Crippen LogP contribution >= 0.6 is 0 Å². The van der Waals surface area contributed by atoms with Crippen molar-refractivity contribution < 1.29 is 0 Å². The van der Waals surface area contributed by atoms with E-state index < -0.39 is 0 Å². The summed E-state index contributed by atoms with van der Waals surface area (Å²) in [6.07, 6.45) is 0. The molecule has 0 bridgehead atoms. The molecule has 100 valence electrons. The Morgan fingerprint density at radius 2 is 2.06 bits per heavy atom. The average Bonchev–Trinajstić information content (AvgIpc) is 2.71. The molecule has 0 amide bonds. The number of rotatable bonds is 3. The van der Waals surface area contributed by atoms with Crippen LogP contribution in [0.2, 0.25) is 0 Å². The fraction of sp³-hybridized carbons (Fsp3) is 0.600. The fourth-order valence-electron chi connectivity index (χ4n) is 3.00. The second kappa shape index (κ2) is 5.29. The lowest BCUT2D eigenvalue weighted by Gasteiger charge is -2.24. The molecule has 2 rings (SSSR count). The summed E-state index contributed by atoms with van der Waals surface area (Å²) in [4.78, 5) is 4.82. The highest BCUT2D eigenvalue weighted by molar-refractivity contribution is 5.56. The van der Waals surface area contributed by atoms with Gasteiger partial charge in [-0.2, -0.15) is 0 Å². The number of anilines is 1. The quantitative estimate of drug-likeness (QED) is 0.884. The molecule has 0 radical (unpaired) electrons. The zero-order valence-corrected chi connectivity index (χ0v) is 12.0. The monoisotopic (exact) mass is 247 g/mol. The Labute approximate surface area is 111 Å². The number of likely N-dealkylation sites (N-methyl/N-ethyl adjacent to an activating group) is 1. The molecule has 0 spiro atoms. The third kappa shape index (κ3) is 2.52. The molecular formula is C15H25N3. The summed E-state index contributed by atoms with van der Waals surface area (Å²) in [6, 6.07) is 7.25. The maximum atomic E-state index is 5.88. The Hall–Kier alpha value is -1.06. The molecule has 18 heavy (non-hydrogen) atoms. The first-order valence-electron chi connectivity index (χ1n) is 6.74. The molecule has 1 aliphatic heterocycles. The predicted molar refractivity (Wildman–Crippen MR) is 77.9 cm³/mol. The zero-order chi connectivity index (χ0) is 13.3. The van der Waals surface area contributed by atoms with Gasteiger partial charge in [-0.05, 0) is 38.6 Å². The van der Waals surface area contributed by atoms with Crippen LogP contribution in [0.3, 0.4) is 0 Å². The molecule has 0 aliphatic carbocycles. The minimum Gasteiger partial charge on any atom is -0.369 e. The van der Waals surface area contributed by atoms with Gasteiger partial charge in [-0.15, -0.1) is 0 Å². The Morgan fingerprint density at radius 1 is 1.33 bits per heavy atom. The van der Waals surface area contributed by atoms with Crippen LogP contribution in [0.15, 0.2) is 18.2 Å². The van der Waals surface area contributed by atoms with Crippen molar-refractivity contribution in [2.24, 2.45) is 11.7 Å². The van der Waals surface area contributed by atoms with Crippen LogP contribution in [0.5, 0.6) is 0 Å². The van der Waals surface area contributed by atoms with Gasteiger partial charge in [-0.3, -0.25) is 0 Å². The summed E-state index contributed by atoms with van der Waals surface area (Å²) < 4.78 is 0. The highest BCUT2D eigenvalue weighted by Gasteiger charge is 2.31. The Kier molecular flexibility index (Phi) is 3.93. The van der Waals surface area contributed by atoms with Crippen LogP contribution < -0.4 is 10.6 Å². The van der Waals surface area contributed by atoms with E-state index in [-0.39, 0.29) is 0 Å². The molecule has 2 unspecified atom stereocenters. The first-order valence-corrected chi connectivity index (χ1v) is 6.74. The highest BCUT2D eigenvalue weighted by Crippen LogP contribution is 2.29. The van der Waals surface area contributed by atoms with Gasteiger partial charge in [0.05, 0.1) is 0 Å². The van der Waals surface area contributed by atoms with Crippen molar-refractivity contribution in [1.82, 2.24) is 4.90 Å². The van der Waals surface area contributed by atoms with Crippen LogP contribution in [0, 0.1) is 12.8 Å². The molecule has 1 aromatic rings. The van der Waals surface area contributed by atoms with E-state index in [1.54, 1.807) is 0 Å². The van der Waals surface area contributed by atoms with Gasteiger partial charge >= 0.3 is 0 Å². The second-order valence-corrected chi connectivity index (χ2v) is 5.75. The molecule has 0 aromatic heterocycles. The molecule has 3 nitrogen and oxygen atoms in total. The van der Waals surface area contributed by atoms with E-state index in [9.17, 15) is 0 Å². The molecular weight excluding hydrogens is 222 g/mol. The normalized spacial score (nSPS) is 24.0. The van der Waals surface area contributed by atoms with Crippen molar-refractivity contribution in [2.45, 2.75) is 26.4 Å². The lowest BCUT2D eigenvalue weighted by atomic mass is 10.1. The van der Waals surface area contributed by atoms with E-state index in [2.05, 4.69) is 55.9 Å². The lowest BCUT2D eigenvalue weighted by Crippen LogP contribution is -2.34.